The minimum Gasteiger partial charge on any atom is -0.481 e. The van der Waals surface area contributed by atoms with Gasteiger partial charge in [0.2, 0.25) is 5.91 Å². The molecule has 0 saturated heterocycles. The van der Waals surface area contributed by atoms with E-state index in [0.717, 1.165) is 12.8 Å². The van der Waals surface area contributed by atoms with Crippen LogP contribution in [-0.2, 0) is 14.3 Å². The summed E-state index contributed by atoms with van der Waals surface area (Å²) in [5, 5.41) is 11.7. The maximum Gasteiger partial charge on any atom is 0.306 e. The zero-order chi connectivity index (χ0) is 12.0. The van der Waals surface area contributed by atoms with E-state index in [1.807, 2.05) is 0 Å². The first-order valence-electron chi connectivity index (χ1n) is 5.64. The fourth-order valence-electron chi connectivity index (χ4n) is 2.07. The summed E-state index contributed by atoms with van der Waals surface area (Å²) in [5.41, 5.74) is 0. The van der Waals surface area contributed by atoms with Gasteiger partial charge in [0.05, 0.1) is 12.5 Å². The Balaban J connectivity index is 2.35. The predicted octanol–water partition coefficient (Wildman–Crippen LogP) is 0.640. The normalized spacial score (nSPS) is 25.1. The average Bonchev–Trinajstić information content (AvgIpc) is 2.29. The lowest BCUT2D eigenvalue weighted by Gasteiger charge is -2.25. The van der Waals surface area contributed by atoms with E-state index in [1.165, 1.54) is 0 Å². The molecule has 5 heteroatoms. The highest BCUT2D eigenvalue weighted by molar-refractivity contribution is 5.80. The number of aliphatic carboxylic acids is 1. The van der Waals surface area contributed by atoms with Crippen LogP contribution in [0.5, 0.6) is 0 Å². The third-order valence-electron chi connectivity index (χ3n) is 3.00. The van der Waals surface area contributed by atoms with Crippen LogP contribution in [-0.4, -0.2) is 37.2 Å². The second-order valence-electron chi connectivity index (χ2n) is 4.18. The summed E-state index contributed by atoms with van der Waals surface area (Å²) in [5.74, 6) is -1.32. The van der Waals surface area contributed by atoms with Crippen LogP contribution >= 0.6 is 0 Å². The minimum absolute atomic E-state index is 0.0389. The highest BCUT2D eigenvalue weighted by atomic mass is 16.5. The van der Waals surface area contributed by atoms with Gasteiger partial charge in [-0.3, -0.25) is 9.59 Å². The van der Waals surface area contributed by atoms with E-state index in [2.05, 4.69) is 5.32 Å². The molecule has 0 aromatic rings. The number of hydrogen-bond donors (Lipinski definition) is 2. The van der Waals surface area contributed by atoms with E-state index in [0.29, 0.717) is 26.0 Å². The third-order valence-corrected chi connectivity index (χ3v) is 3.00. The van der Waals surface area contributed by atoms with Crippen LogP contribution in [0.25, 0.3) is 0 Å². The van der Waals surface area contributed by atoms with E-state index in [1.54, 1.807) is 7.11 Å². The number of carboxylic acids is 1. The van der Waals surface area contributed by atoms with E-state index in [9.17, 15) is 9.59 Å². The Morgan fingerprint density at radius 1 is 1.38 bits per heavy atom. The molecular formula is C11H19NO4. The van der Waals surface area contributed by atoms with Gasteiger partial charge in [-0.2, -0.15) is 0 Å². The first-order valence-corrected chi connectivity index (χ1v) is 5.64. The number of carbonyl (C=O) groups excluding carboxylic acids is 1. The molecule has 0 aromatic heterocycles. The van der Waals surface area contributed by atoms with Gasteiger partial charge in [-0.05, 0) is 19.3 Å². The van der Waals surface area contributed by atoms with E-state index < -0.39 is 5.97 Å². The lowest BCUT2D eigenvalue weighted by molar-refractivity contribution is -0.144. The van der Waals surface area contributed by atoms with Crippen molar-refractivity contribution in [2.75, 3.05) is 20.3 Å². The maximum atomic E-state index is 11.7. The van der Waals surface area contributed by atoms with Crippen LogP contribution in [0.1, 0.15) is 25.7 Å². The molecule has 0 aromatic carbocycles. The minimum atomic E-state index is -0.783. The zero-order valence-electron chi connectivity index (χ0n) is 9.57. The Bertz CT molecular complexity index is 254. The molecular weight excluding hydrogens is 210 g/mol. The van der Waals surface area contributed by atoms with Crippen molar-refractivity contribution in [1.82, 2.24) is 5.32 Å². The predicted molar refractivity (Wildman–Crippen MR) is 58.0 cm³/mol. The van der Waals surface area contributed by atoms with Gasteiger partial charge in [0.15, 0.2) is 0 Å². The van der Waals surface area contributed by atoms with Crippen molar-refractivity contribution in [2.45, 2.75) is 25.7 Å². The molecule has 1 amide bonds. The Morgan fingerprint density at radius 2 is 2.06 bits per heavy atom. The van der Waals surface area contributed by atoms with Crippen molar-refractivity contribution in [2.24, 2.45) is 11.8 Å². The lowest BCUT2D eigenvalue weighted by Crippen LogP contribution is -2.36. The van der Waals surface area contributed by atoms with Gasteiger partial charge in [0.25, 0.3) is 0 Å². The number of methoxy groups -OCH3 is 1. The quantitative estimate of drug-likeness (QED) is 0.678. The lowest BCUT2D eigenvalue weighted by atomic mass is 9.81. The summed E-state index contributed by atoms with van der Waals surface area (Å²) in [6.07, 6.45) is 2.77. The fourth-order valence-corrected chi connectivity index (χ4v) is 2.07. The molecule has 1 fully saturated rings. The number of rotatable bonds is 5. The van der Waals surface area contributed by atoms with Crippen LogP contribution in [0.15, 0.2) is 0 Å². The number of nitrogens with one attached hydrogen (secondary N) is 1. The van der Waals surface area contributed by atoms with Crippen LogP contribution in [0.2, 0.25) is 0 Å². The molecule has 2 N–H and O–H groups in total. The van der Waals surface area contributed by atoms with Gasteiger partial charge >= 0.3 is 5.97 Å². The monoisotopic (exact) mass is 229 g/mol. The molecule has 92 valence electrons. The molecule has 0 radical (unpaired) electrons. The Morgan fingerprint density at radius 3 is 2.69 bits per heavy atom. The summed E-state index contributed by atoms with van der Waals surface area (Å²) >= 11 is 0. The number of carboxylic acid groups (broad SMARTS) is 1. The first kappa shape index (κ1) is 13.0. The molecule has 0 spiro atoms. The van der Waals surface area contributed by atoms with Gasteiger partial charge in [0, 0.05) is 19.6 Å². The largest absolute Gasteiger partial charge is 0.481 e. The van der Waals surface area contributed by atoms with E-state index in [-0.39, 0.29) is 17.7 Å². The first-order chi connectivity index (χ1) is 7.65. The third kappa shape index (κ3) is 3.81. The van der Waals surface area contributed by atoms with E-state index in [4.69, 9.17) is 9.84 Å². The van der Waals surface area contributed by atoms with Gasteiger partial charge < -0.3 is 15.2 Å². The average molecular weight is 229 g/mol. The molecule has 0 bridgehead atoms. The second kappa shape index (κ2) is 6.48. The van der Waals surface area contributed by atoms with Crippen LogP contribution in [0.3, 0.4) is 0 Å². The smallest absolute Gasteiger partial charge is 0.306 e. The highest BCUT2D eigenvalue weighted by Crippen LogP contribution is 2.29. The summed E-state index contributed by atoms with van der Waals surface area (Å²) in [7, 11) is 1.58. The zero-order valence-corrected chi connectivity index (χ0v) is 9.57. The fraction of sp³-hybridized carbons (Fsp3) is 0.818. The molecule has 16 heavy (non-hydrogen) atoms. The van der Waals surface area contributed by atoms with Crippen molar-refractivity contribution < 1.29 is 19.4 Å². The van der Waals surface area contributed by atoms with Gasteiger partial charge in [0.1, 0.15) is 0 Å². The van der Waals surface area contributed by atoms with Gasteiger partial charge in [-0.25, -0.2) is 0 Å². The molecule has 0 aliphatic heterocycles. The van der Waals surface area contributed by atoms with Crippen molar-refractivity contribution in [3.63, 3.8) is 0 Å². The van der Waals surface area contributed by atoms with Crippen LogP contribution in [0.4, 0.5) is 0 Å². The van der Waals surface area contributed by atoms with Crippen molar-refractivity contribution in [1.29, 1.82) is 0 Å². The SMILES string of the molecule is COCCNC(=O)C1CCCC(C(=O)O)C1. The Kier molecular flexibility index (Phi) is 5.25. The molecule has 1 rings (SSSR count). The topological polar surface area (TPSA) is 75.6 Å². The van der Waals surface area contributed by atoms with E-state index >= 15 is 0 Å². The number of hydrogen-bond acceptors (Lipinski definition) is 3. The summed E-state index contributed by atoms with van der Waals surface area (Å²) in [6, 6.07) is 0. The Labute approximate surface area is 95.2 Å². The van der Waals surface area contributed by atoms with Gasteiger partial charge in [-0.1, -0.05) is 6.42 Å². The molecule has 5 nitrogen and oxygen atoms in total. The van der Waals surface area contributed by atoms with Crippen molar-refractivity contribution in [3.8, 4) is 0 Å². The Hall–Kier alpha value is -1.10. The molecule has 2 unspecified atom stereocenters. The summed E-state index contributed by atoms with van der Waals surface area (Å²) < 4.78 is 4.83. The molecule has 2 atom stereocenters. The van der Waals surface area contributed by atoms with Crippen molar-refractivity contribution >= 4 is 11.9 Å². The molecule has 1 aliphatic rings. The standard InChI is InChI=1S/C11H19NO4/c1-16-6-5-12-10(13)8-3-2-4-9(7-8)11(14)15/h8-9H,2-7H2,1H3,(H,12,13)(H,14,15). The molecule has 0 heterocycles. The summed E-state index contributed by atoms with van der Waals surface area (Å²) in [6.45, 7) is 0.977. The van der Waals surface area contributed by atoms with Crippen molar-refractivity contribution in [3.05, 3.63) is 0 Å². The summed E-state index contributed by atoms with van der Waals surface area (Å²) in [4.78, 5) is 22.5. The maximum absolute atomic E-state index is 11.7. The van der Waals surface area contributed by atoms with Crippen LogP contribution in [0, 0.1) is 11.8 Å². The number of carbonyl (C=O) groups is 2. The van der Waals surface area contributed by atoms with Gasteiger partial charge in [-0.15, -0.1) is 0 Å². The van der Waals surface area contributed by atoms with Crippen LogP contribution < -0.4 is 5.32 Å². The number of ether oxygens (including phenoxy) is 1. The molecule has 1 saturated carbocycles. The molecule has 1 aliphatic carbocycles. The highest BCUT2D eigenvalue weighted by Gasteiger charge is 2.30. The second-order valence-corrected chi connectivity index (χ2v) is 4.18. The number of amides is 1.